The molecule has 1 saturated heterocycles. The summed E-state index contributed by atoms with van der Waals surface area (Å²) in [5, 5.41) is 0.483. The lowest BCUT2D eigenvalue weighted by Crippen LogP contribution is -2.41. The molecule has 0 spiro atoms. The quantitative estimate of drug-likeness (QED) is 0.558. The van der Waals surface area contributed by atoms with E-state index in [-0.39, 0.29) is 5.12 Å². The van der Waals surface area contributed by atoms with Crippen LogP contribution in [-0.2, 0) is 14.1 Å². The van der Waals surface area contributed by atoms with E-state index in [2.05, 4.69) is 0 Å². The molecule has 25 heavy (non-hydrogen) atoms. The van der Waals surface area contributed by atoms with Crippen LogP contribution in [0.4, 0.5) is 0 Å². The zero-order valence-electron chi connectivity index (χ0n) is 15.1. The van der Waals surface area contributed by atoms with E-state index < -0.39 is 18.3 Å². The molecule has 0 unspecified atom stereocenters. The Morgan fingerprint density at radius 3 is 2.32 bits per heavy atom. The number of rotatable bonds is 5. The maximum absolute atomic E-state index is 11.4. The second kappa shape index (κ2) is 7.66. The van der Waals surface area contributed by atoms with Gasteiger partial charge in [-0.05, 0) is 44.8 Å². The third-order valence-corrected chi connectivity index (χ3v) is 5.71. The van der Waals surface area contributed by atoms with Gasteiger partial charge in [-0.3, -0.25) is 9.59 Å². The second-order valence-corrected chi connectivity index (χ2v) is 8.55. The van der Waals surface area contributed by atoms with Crippen molar-refractivity contribution in [3.05, 3.63) is 39.8 Å². The van der Waals surface area contributed by atoms with Crippen LogP contribution in [-0.4, -0.2) is 35.5 Å². The van der Waals surface area contributed by atoms with Crippen molar-refractivity contribution in [1.29, 1.82) is 0 Å². The highest BCUT2D eigenvalue weighted by Crippen LogP contribution is 2.39. The second-order valence-electron chi connectivity index (χ2n) is 6.99. The van der Waals surface area contributed by atoms with Crippen molar-refractivity contribution in [2.75, 3.05) is 5.75 Å². The van der Waals surface area contributed by atoms with Gasteiger partial charge < -0.3 is 9.31 Å². The van der Waals surface area contributed by atoms with Crippen molar-refractivity contribution < 1.29 is 18.9 Å². The number of carbonyl (C=O) groups excluding carboxylic acids is 2. The lowest BCUT2D eigenvalue weighted by Gasteiger charge is -2.32. The predicted octanol–water partition coefficient (Wildman–Crippen LogP) is 4.45. The van der Waals surface area contributed by atoms with Gasteiger partial charge in [-0.1, -0.05) is 41.6 Å². The Labute approximate surface area is 158 Å². The van der Waals surface area contributed by atoms with E-state index in [9.17, 15) is 9.59 Å². The molecule has 0 aromatic heterocycles. The van der Waals surface area contributed by atoms with Gasteiger partial charge in [0.2, 0.25) is 0 Å². The molecule has 1 fully saturated rings. The number of halogens is 1. The number of hydrogen-bond donors (Lipinski definition) is 0. The summed E-state index contributed by atoms with van der Waals surface area (Å²) in [4.78, 5) is 22.3. The van der Waals surface area contributed by atoms with Crippen LogP contribution in [0.5, 0.6) is 0 Å². The molecule has 7 heteroatoms. The Morgan fingerprint density at radius 2 is 1.84 bits per heavy atom. The number of hydrogen-bond acceptors (Lipinski definition) is 5. The molecule has 0 saturated carbocycles. The number of aldehydes is 1. The Kier molecular flexibility index (Phi) is 6.20. The van der Waals surface area contributed by atoms with Gasteiger partial charge in [-0.2, -0.15) is 0 Å². The Bertz CT molecular complexity index is 699. The van der Waals surface area contributed by atoms with Crippen LogP contribution in [0.15, 0.2) is 23.7 Å². The summed E-state index contributed by atoms with van der Waals surface area (Å²) in [6.07, 6.45) is 2.62. The van der Waals surface area contributed by atoms with E-state index in [1.54, 1.807) is 18.2 Å². The third-order valence-electron chi connectivity index (χ3n) is 4.50. The number of benzene rings is 1. The summed E-state index contributed by atoms with van der Waals surface area (Å²) in [5.41, 5.74) is 1.14. The van der Waals surface area contributed by atoms with Crippen molar-refractivity contribution in [3.63, 3.8) is 0 Å². The van der Waals surface area contributed by atoms with Gasteiger partial charge >= 0.3 is 7.12 Å². The molecule has 0 radical (unpaired) electrons. The molecule has 0 amide bonds. The summed E-state index contributed by atoms with van der Waals surface area (Å²) in [6.45, 7) is 9.45. The lowest BCUT2D eigenvalue weighted by atomic mass is 9.78. The average Bonchev–Trinajstić information content (AvgIpc) is 2.72. The minimum absolute atomic E-state index is 0.0183. The molecular weight excluding hydrogens is 359 g/mol. The zero-order valence-corrected chi connectivity index (χ0v) is 16.7. The highest BCUT2D eigenvalue weighted by Gasteiger charge is 2.52. The number of thioether (sulfide) groups is 1. The summed E-state index contributed by atoms with van der Waals surface area (Å²) >= 11 is 7.47. The first-order valence-corrected chi connectivity index (χ1v) is 9.36. The maximum atomic E-state index is 11.4. The fourth-order valence-electron chi connectivity index (χ4n) is 2.29. The van der Waals surface area contributed by atoms with Crippen molar-refractivity contribution in [2.24, 2.45) is 0 Å². The van der Waals surface area contributed by atoms with Crippen LogP contribution in [0, 0.1) is 0 Å². The minimum atomic E-state index is -0.557. The topological polar surface area (TPSA) is 52.6 Å². The van der Waals surface area contributed by atoms with Crippen molar-refractivity contribution >= 4 is 48.0 Å². The standard InChI is InChI=1S/C18H22BClO4S/c1-12(22)25-11-15(19-23-17(2,3)18(4,5)24-19)9-14-7-6-13(10-21)8-16(14)20/h6-10H,11H2,1-5H3. The Morgan fingerprint density at radius 1 is 1.24 bits per heavy atom. The van der Waals surface area contributed by atoms with Crippen LogP contribution in [0.3, 0.4) is 0 Å². The smallest absolute Gasteiger partial charge is 0.400 e. The van der Waals surface area contributed by atoms with Crippen molar-refractivity contribution in [2.45, 2.75) is 45.8 Å². The average molecular weight is 381 g/mol. The fraction of sp³-hybridized carbons (Fsp3) is 0.444. The molecule has 1 aliphatic heterocycles. The molecule has 1 aliphatic rings. The van der Waals surface area contributed by atoms with Crippen LogP contribution in [0.1, 0.15) is 50.5 Å². The molecule has 1 aromatic rings. The molecule has 0 N–H and O–H groups in total. The first-order valence-electron chi connectivity index (χ1n) is 8.00. The first-order chi connectivity index (χ1) is 11.6. The van der Waals surface area contributed by atoms with Crippen molar-refractivity contribution in [3.8, 4) is 0 Å². The highest BCUT2D eigenvalue weighted by atomic mass is 35.5. The van der Waals surface area contributed by atoms with Crippen LogP contribution in [0.2, 0.25) is 5.02 Å². The first kappa shape index (κ1) is 20.2. The molecule has 134 valence electrons. The zero-order chi connectivity index (χ0) is 18.8. The lowest BCUT2D eigenvalue weighted by molar-refractivity contribution is -0.109. The van der Waals surface area contributed by atoms with Gasteiger partial charge in [0.1, 0.15) is 6.29 Å². The number of carbonyl (C=O) groups is 2. The van der Waals surface area contributed by atoms with Gasteiger partial charge in [-0.15, -0.1) is 0 Å². The maximum Gasteiger partial charge on any atom is 0.491 e. The van der Waals surface area contributed by atoms with Gasteiger partial charge in [0.05, 0.1) is 11.2 Å². The minimum Gasteiger partial charge on any atom is -0.400 e. The van der Waals surface area contributed by atoms with Gasteiger partial charge in [-0.25, -0.2) is 0 Å². The van der Waals surface area contributed by atoms with E-state index in [1.807, 2.05) is 33.8 Å². The summed E-state index contributed by atoms with van der Waals surface area (Å²) in [5.74, 6) is 0.442. The Balaban J connectivity index is 2.36. The molecule has 1 aromatic carbocycles. The van der Waals surface area contributed by atoms with Gasteiger partial charge in [0, 0.05) is 23.3 Å². The summed E-state index contributed by atoms with van der Waals surface area (Å²) < 4.78 is 12.2. The van der Waals surface area contributed by atoms with Crippen LogP contribution >= 0.6 is 23.4 Å². The largest absolute Gasteiger partial charge is 0.491 e. The SMILES string of the molecule is CC(=O)SCC(=Cc1ccc(C=O)cc1Cl)B1OC(C)(C)C(C)(C)O1. The van der Waals surface area contributed by atoms with Crippen LogP contribution in [0.25, 0.3) is 6.08 Å². The molecule has 0 atom stereocenters. The fourth-order valence-corrected chi connectivity index (χ4v) is 3.12. The predicted molar refractivity (Wildman–Crippen MR) is 104 cm³/mol. The molecule has 0 aliphatic carbocycles. The Hall–Kier alpha value is -1.08. The molecule has 2 rings (SSSR count). The molecular formula is C18H22BClO4S. The van der Waals surface area contributed by atoms with E-state index in [4.69, 9.17) is 20.9 Å². The van der Waals surface area contributed by atoms with E-state index >= 15 is 0 Å². The molecule has 4 nitrogen and oxygen atoms in total. The van der Waals surface area contributed by atoms with E-state index in [1.165, 1.54) is 18.7 Å². The van der Waals surface area contributed by atoms with E-state index in [0.29, 0.717) is 16.3 Å². The highest BCUT2D eigenvalue weighted by molar-refractivity contribution is 8.13. The molecule has 0 bridgehead atoms. The molecule has 1 heterocycles. The monoisotopic (exact) mass is 380 g/mol. The summed E-state index contributed by atoms with van der Waals surface area (Å²) in [6, 6.07) is 5.08. The van der Waals surface area contributed by atoms with E-state index in [0.717, 1.165) is 17.3 Å². The third kappa shape index (κ3) is 4.76. The van der Waals surface area contributed by atoms with Crippen LogP contribution < -0.4 is 0 Å². The normalized spacial score (nSPS) is 19.1. The summed E-state index contributed by atoms with van der Waals surface area (Å²) in [7, 11) is -0.557. The van der Waals surface area contributed by atoms with Gasteiger partial charge in [0.15, 0.2) is 5.12 Å². The van der Waals surface area contributed by atoms with Gasteiger partial charge in [0.25, 0.3) is 0 Å². The van der Waals surface area contributed by atoms with Crippen molar-refractivity contribution in [1.82, 2.24) is 0 Å².